The van der Waals surface area contributed by atoms with E-state index in [-0.39, 0.29) is 0 Å². The first kappa shape index (κ1) is 22.8. The molecule has 4 heterocycles. The summed E-state index contributed by atoms with van der Waals surface area (Å²) in [6.45, 7) is 7.37. The number of nitrogens with zero attached hydrogens (tertiary/aromatic N) is 4. The van der Waals surface area contributed by atoms with Gasteiger partial charge in [0.25, 0.3) is 0 Å². The molecule has 9 nitrogen and oxygen atoms in total. The van der Waals surface area contributed by atoms with Gasteiger partial charge in [0.1, 0.15) is 11.6 Å². The third-order valence-corrected chi connectivity index (χ3v) is 5.48. The average Bonchev–Trinajstić information content (AvgIpc) is 2.76. The van der Waals surface area contributed by atoms with Crippen LogP contribution in [0.2, 0.25) is 0 Å². The zero-order valence-corrected chi connectivity index (χ0v) is 19.4. The molecule has 0 aromatic carbocycles. The van der Waals surface area contributed by atoms with Crippen molar-refractivity contribution in [2.24, 2.45) is 16.6 Å². The summed E-state index contributed by atoms with van der Waals surface area (Å²) in [7, 11) is 1.97. The fourth-order valence-corrected chi connectivity index (χ4v) is 3.46. The van der Waals surface area contributed by atoms with Crippen molar-refractivity contribution >= 4 is 28.6 Å². The zero-order chi connectivity index (χ0) is 23.2. The summed E-state index contributed by atoms with van der Waals surface area (Å²) >= 11 is 0. The SMILES string of the molecule is CC(C)C1=CN(C)NC(Nc2ccc3ncc(C(C=NCCOC4CNC4)=CN)cc3n2)=C1. The van der Waals surface area contributed by atoms with Crippen LogP contribution in [-0.2, 0) is 4.74 Å². The van der Waals surface area contributed by atoms with Gasteiger partial charge >= 0.3 is 0 Å². The summed E-state index contributed by atoms with van der Waals surface area (Å²) in [6, 6.07) is 5.85. The summed E-state index contributed by atoms with van der Waals surface area (Å²) in [4.78, 5) is 13.7. The van der Waals surface area contributed by atoms with Crippen LogP contribution in [0.25, 0.3) is 16.6 Å². The Kier molecular flexibility index (Phi) is 7.21. The number of aromatic nitrogens is 2. The minimum Gasteiger partial charge on any atom is -0.404 e. The van der Waals surface area contributed by atoms with Crippen molar-refractivity contribution in [2.75, 3.05) is 38.6 Å². The van der Waals surface area contributed by atoms with Crippen molar-refractivity contribution in [3.63, 3.8) is 0 Å². The van der Waals surface area contributed by atoms with Crippen LogP contribution in [0.15, 0.2) is 59.3 Å². The Balaban J connectivity index is 1.45. The van der Waals surface area contributed by atoms with Crippen molar-refractivity contribution in [2.45, 2.75) is 20.0 Å². The molecule has 2 aromatic rings. The molecule has 4 rings (SSSR count). The van der Waals surface area contributed by atoms with Gasteiger partial charge in [0.15, 0.2) is 0 Å². The maximum atomic E-state index is 5.87. The number of hydrazine groups is 1. The van der Waals surface area contributed by atoms with E-state index >= 15 is 0 Å². The molecule has 2 aromatic heterocycles. The van der Waals surface area contributed by atoms with Gasteiger partial charge in [0.2, 0.25) is 0 Å². The lowest BCUT2D eigenvalue weighted by molar-refractivity contribution is 0.0239. The Hall–Kier alpha value is -3.43. The molecule has 0 radical (unpaired) electrons. The normalized spacial score (nSPS) is 17.2. The molecule has 0 unspecified atom stereocenters. The maximum absolute atomic E-state index is 5.87. The molecule has 0 aliphatic carbocycles. The molecule has 174 valence electrons. The Bertz CT molecular complexity index is 1100. The predicted molar refractivity (Wildman–Crippen MR) is 133 cm³/mol. The first-order valence-corrected chi connectivity index (χ1v) is 11.2. The summed E-state index contributed by atoms with van der Waals surface area (Å²) in [5.74, 6) is 2.02. The number of nitrogens with one attached hydrogen (secondary N) is 3. The molecule has 33 heavy (non-hydrogen) atoms. The molecule has 0 spiro atoms. The summed E-state index contributed by atoms with van der Waals surface area (Å²) in [5.41, 5.74) is 13.6. The Labute approximate surface area is 194 Å². The monoisotopic (exact) mass is 448 g/mol. The summed E-state index contributed by atoms with van der Waals surface area (Å²) in [5, 5.41) is 8.48. The van der Waals surface area contributed by atoms with Crippen molar-refractivity contribution in [3.05, 3.63) is 59.8 Å². The second-order valence-corrected chi connectivity index (χ2v) is 8.46. The highest BCUT2D eigenvalue weighted by atomic mass is 16.5. The minimum atomic E-state index is 0.316. The van der Waals surface area contributed by atoms with E-state index in [2.05, 4.69) is 52.2 Å². The van der Waals surface area contributed by atoms with Gasteiger partial charge in [-0.3, -0.25) is 20.4 Å². The lowest BCUT2D eigenvalue weighted by Gasteiger charge is -2.27. The van der Waals surface area contributed by atoms with E-state index in [0.29, 0.717) is 25.2 Å². The van der Waals surface area contributed by atoms with Crippen LogP contribution in [-0.4, -0.2) is 60.6 Å². The van der Waals surface area contributed by atoms with Crippen molar-refractivity contribution < 1.29 is 4.74 Å². The van der Waals surface area contributed by atoms with Gasteiger partial charge in [-0.25, -0.2) is 4.98 Å². The van der Waals surface area contributed by atoms with Gasteiger partial charge in [-0.1, -0.05) is 13.8 Å². The molecule has 1 fully saturated rings. The molecule has 0 amide bonds. The first-order chi connectivity index (χ1) is 16.0. The molecular formula is C24H32N8O. The van der Waals surface area contributed by atoms with Crippen molar-refractivity contribution in [1.29, 1.82) is 0 Å². The molecule has 1 saturated heterocycles. The van der Waals surface area contributed by atoms with Crippen molar-refractivity contribution in [3.8, 4) is 0 Å². The topological polar surface area (TPSA) is 113 Å². The Morgan fingerprint density at radius 2 is 2.21 bits per heavy atom. The number of rotatable bonds is 9. The standard InChI is InChI=1S/C24H32N8O/c1-16(2)18-9-24(31-32(3)15-18)30-23-5-4-21-22(29-23)8-17(12-28-21)19(10-25)11-26-6-7-33-20-13-27-14-20/h4-5,8-12,15-16,20,27,31H,6-7,13-14,25H2,1-3H3,(H,29,30). The molecule has 9 heteroatoms. The lowest BCUT2D eigenvalue weighted by atomic mass is 10.0. The van der Waals surface area contributed by atoms with Crippen LogP contribution in [0.1, 0.15) is 19.4 Å². The highest BCUT2D eigenvalue weighted by molar-refractivity contribution is 6.10. The number of anilines is 1. The average molecular weight is 449 g/mol. The van der Waals surface area contributed by atoms with Crippen LogP contribution in [0.5, 0.6) is 0 Å². The summed E-state index contributed by atoms with van der Waals surface area (Å²) in [6.07, 6.45) is 9.59. The van der Waals surface area contributed by atoms with Crippen LogP contribution >= 0.6 is 0 Å². The fraction of sp³-hybridized carbons (Fsp3) is 0.375. The molecule has 2 aliphatic rings. The van der Waals surface area contributed by atoms with Crippen LogP contribution < -0.4 is 21.8 Å². The minimum absolute atomic E-state index is 0.316. The van der Waals surface area contributed by atoms with Crippen molar-refractivity contribution in [1.82, 2.24) is 25.7 Å². The Morgan fingerprint density at radius 3 is 2.94 bits per heavy atom. The van der Waals surface area contributed by atoms with Gasteiger partial charge in [0.05, 0.1) is 30.3 Å². The maximum Gasteiger partial charge on any atom is 0.132 e. The van der Waals surface area contributed by atoms with Crippen LogP contribution in [0, 0.1) is 5.92 Å². The van der Waals surface area contributed by atoms with Gasteiger partial charge in [-0.15, -0.1) is 0 Å². The molecule has 0 atom stereocenters. The molecule has 0 bridgehead atoms. The first-order valence-electron chi connectivity index (χ1n) is 11.2. The largest absolute Gasteiger partial charge is 0.404 e. The second-order valence-electron chi connectivity index (χ2n) is 8.46. The number of allylic oxidation sites excluding steroid dienone is 3. The molecule has 0 saturated carbocycles. The second kappa shape index (κ2) is 10.5. The number of hydrogen-bond acceptors (Lipinski definition) is 9. The number of pyridine rings is 2. The van der Waals surface area contributed by atoms with Gasteiger partial charge in [-0.05, 0) is 35.8 Å². The summed E-state index contributed by atoms with van der Waals surface area (Å²) < 4.78 is 5.69. The highest BCUT2D eigenvalue weighted by Crippen LogP contribution is 2.21. The quantitative estimate of drug-likeness (QED) is 0.341. The fourth-order valence-electron chi connectivity index (χ4n) is 3.46. The lowest BCUT2D eigenvalue weighted by Crippen LogP contribution is -2.48. The van der Waals surface area contributed by atoms with Crippen LogP contribution in [0.3, 0.4) is 0 Å². The van der Waals surface area contributed by atoms with E-state index in [9.17, 15) is 0 Å². The zero-order valence-electron chi connectivity index (χ0n) is 19.4. The van der Waals surface area contributed by atoms with Gasteiger partial charge in [-0.2, -0.15) is 0 Å². The van der Waals surface area contributed by atoms with E-state index < -0.39 is 0 Å². The predicted octanol–water partition coefficient (Wildman–Crippen LogP) is 2.23. The van der Waals surface area contributed by atoms with Gasteiger partial charge < -0.3 is 21.1 Å². The third-order valence-electron chi connectivity index (χ3n) is 5.48. The van der Waals surface area contributed by atoms with Crippen LogP contribution in [0.4, 0.5) is 5.82 Å². The third kappa shape index (κ3) is 5.88. The number of aliphatic imine (C=N–C) groups is 1. The highest BCUT2D eigenvalue weighted by Gasteiger charge is 2.16. The van der Waals surface area contributed by atoms with Gasteiger partial charge in [0, 0.05) is 56.1 Å². The van der Waals surface area contributed by atoms with E-state index in [0.717, 1.165) is 46.9 Å². The number of hydrogen-bond donors (Lipinski definition) is 4. The van der Waals surface area contributed by atoms with E-state index in [1.807, 2.05) is 30.3 Å². The number of fused-ring (bicyclic) bond motifs is 1. The molecule has 2 aliphatic heterocycles. The smallest absolute Gasteiger partial charge is 0.132 e. The molecule has 5 N–H and O–H groups in total. The molecular weight excluding hydrogens is 416 g/mol. The van der Waals surface area contributed by atoms with E-state index in [4.69, 9.17) is 15.5 Å². The number of nitrogens with two attached hydrogens (primary N) is 1. The van der Waals surface area contributed by atoms with E-state index in [1.54, 1.807) is 12.4 Å². The number of ether oxygens (including phenoxy) is 1. The van der Waals surface area contributed by atoms with E-state index in [1.165, 1.54) is 11.8 Å². The Morgan fingerprint density at radius 1 is 1.36 bits per heavy atom.